The van der Waals surface area contributed by atoms with Crippen LogP contribution in [0.25, 0.3) is 0 Å². The molecule has 19 heavy (non-hydrogen) atoms. The summed E-state index contributed by atoms with van der Waals surface area (Å²) in [5.41, 5.74) is 1.98. The second-order valence-corrected chi connectivity index (χ2v) is 6.77. The van der Waals surface area contributed by atoms with Gasteiger partial charge in [-0.1, -0.05) is 67.2 Å². The molecule has 0 aliphatic heterocycles. The molecule has 0 spiro atoms. The SMILES string of the molecule is C.CC(C)(C)C1=CCC=C1.CC(C)(C)c1ccco1. The maximum Gasteiger partial charge on any atom is 0.109 e. The lowest BCUT2D eigenvalue weighted by molar-refractivity contribution is 0.409. The lowest BCUT2D eigenvalue weighted by Crippen LogP contribution is -2.08. The van der Waals surface area contributed by atoms with E-state index in [2.05, 4.69) is 59.8 Å². The normalized spacial score (nSPS) is 14.3. The monoisotopic (exact) mass is 262 g/mol. The van der Waals surface area contributed by atoms with Crippen LogP contribution >= 0.6 is 0 Å². The predicted molar refractivity (Wildman–Crippen MR) is 85.4 cm³/mol. The molecule has 0 radical (unpaired) electrons. The highest BCUT2D eigenvalue weighted by Gasteiger charge is 2.15. The van der Waals surface area contributed by atoms with E-state index in [1.165, 1.54) is 5.57 Å². The van der Waals surface area contributed by atoms with Gasteiger partial charge < -0.3 is 4.42 Å². The molecule has 1 heteroatoms. The number of allylic oxidation sites excluding steroid dienone is 4. The fraction of sp³-hybridized carbons (Fsp3) is 0.556. The molecule has 108 valence electrons. The maximum absolute atomic E-state index is 5.20. The van der Waals surface area contributed by atoms with E-state index in [4.69, 9.17) is 4.42 Å². The van der Waals surface area contributed by atoms with Gasteiger partial charge in [-0.3, -0.25) is 0 Å². The third-order valence-corrected chi connectivity index (χ3v) is 2.90. The van der Waals surface area contributed by atoms with Crippen LogP contribution in [0.4, 0.5) is 0 Å². The van der Waals surface area contributed by atoms with E-state index in [1.807, 2.05) is 12.1 Å². The summed E-state index contributed by atoms with van der Waals surface area (Å²) in [4.78, 5) is 0. The van der Waals surface area contributed by atoms with Crippen molar-refractivity contribution in [2.24, 2.45) is 5.41 Å². The third kappa shape index (κ3) is 5.96. The summed E-state index contributed by atoms with van der Waals surface area (Å²) in [6.07, 6.45) is 9.56. The number of hydrogen-bond acceptors (Lipinski definition) is 1. The second-order valence-electron chi connectivity index (χ2n) is 6.77. The minimum Gasteiger partial charge on any atom is -0.469 e. The largest absolute Gasteiger partial charge is 0.469 e. The van der Waals surface area contributed by atoms with Gasteiger partial charge in [-0.15, -0.1) is 0 Å². The van der Waals surface area contributed by atoms with Crippen molar-refractivity contribution in [3.63, 3.8) is 0 Å². The van der Waals surface area contributed by atoms with Crippen molar-refractivity contribution in [1.29, 1.82) is 0 Å². The molecule has 1 aliphatic carbocycles. The molecule has 0 saturated carbocycles. The molecule has 0 bridgehead atoms. The fourth-order valence-corrected chi connectivity index (χ4v) is 1.72. The first-order valence-corrected chi connectivity index (χ1v) is 6.62. The highest BCUT2D eigenvalue weighted by atomic mass is 16.3. The third-order valence-electron chi connectivity index (χ3n) is 2.90. The summed E-state index contributed by atoms with van der Waals surface area (Å²) in [5.74, 6) is 1.04. The van der Waals surface area contributed by atoms with Gasteiger partial charge in [-0.2, -0.15) is 0 Å². The Bertz CT molecular complexity index is 406. The van der Waals surface area contributed by atoms with Gasteiger partial charge in [-0.25, -0.2) is 0 Å². The first-order chi connectivity index (χ1) is 8.21. The molecule has 1 nitrogen and oxygen atoms in total. The molecular weight excluding hydrogens is 232 g/mol. The fourth-order valence-electron chi connectivity index (χ4n) is 1.72. The van der Waals surface area contributed by atoms with Gasteiger partial charge in [0.2, 0.25) is 0 Å². The summed E-state index contributed by atoms with van der Waals surface area (Å²) in [7, 11) is 0. The minimum atomic E-state index is 0. The van der Waals surface area contributed by atoms with E-state index in [1.54, 1.807) is 6.26 Å². The topological polar surface area (TPSA) is 13.1 Å². The van der Waals surface area contributed by atoms with E-state index in [-0.39, 0.29) is 12.8 Å². The van der Waals surface area contributed by atoms with Crippen LogP contribution in [0.3, 0.4) is 0 Å². The summed E-state index contributed by atoms with van der Waals surface area (Å²) < 4.78 is 5.20. The average Bonchev–Trinajstić information content (AvgIpc) is 2.91. The summed E-state index contributed by atoms with van der Waals surface area (Å²) >= 11 is 0. The van der Waals surface area contributed by atoms with E-state index >= 15 is 0 Å². The molecular formula is C18H30O. The Morgan fingerprint density at radius 3 is 1.84 bits per heavy atom. The first-order valence-electron chi connectivity index (χ1n) is 6.62. The molecule has 1 heterocycles. The molecule has 0 amide bonds. The zero-order chi connectivity index (χ0) is 13.8. The van der Waals surface area contributed by atoms with Crippen LogP contribution in [0.2, 0.25) is 0 Å². The second kappa shape index (κ2) is 6.79. The standard InChI is InChI=1S/C9H14.C8H12O.CH4/c1-9(2,3)8-6-4-5-7-8;1-8(2,3)7-5-4-6-9-7;/h4,6-7H,5H2,1-3H3;4-6H,1-3H3;1H4. The highest BCUT2D eigenvalue weighted by molar-refractivity contribution is 5.30. The molecule has 2 rings (SSSR count). The smallest absolute Gasteiger partial charge is 0.109 e. The lowest BCUT2D eigenvalue weighted by atomic mass is 9.87. The molecule has 1 aromatic rings. The molecule has 1 aromatic heterocycles. The van der Waals surface area contributed by atoms with Gasteiger partial charge in [0.05, 0.1) is 6.26 Å². The maximum atomic E-state index is 5.20. The molecule has 0 saturated heterocycles. The Hall–Kier alpha value is -1.24. The average molecular weight is 262 g/mol. The van der Waals surface area contributed by atoms with Gasteiger partial charge in [-0.05, 0) is 29.5 Å². The van der Waals surface area contributed by atoms with E-state index < -0.39 is 0 Å². The van der Waals surface area contributed by atoms with Crippen LogP contribution in [0, 0.1) is 5.41 Å². The van der Waals surface area contributed by atoms with Gasteiger partial charge in [0, 0.05) is 5.41 Å². The van der Waals surface area contributed by atoms with Gasteiger partial charge in [0.1, 0.15) is 5.76 Å². The summed E-state index contributed by atoms with van der Waals surface area (Å²) in [6, 6.07) is 3.92. The van der Waals surface area contributed by atoms with Crippen molar-refractivity contribution in [2.45, 2.75) is 60.8 Å². The Morgan fingerprint density at radius 2 is 1.63 bits per heavy atom. The van der Waals surface area contributed by atoms with Crippen LogP contribution in [0.1, 0.15) is 61.2 Å². The Labute approximate surface area is 119 Å². The highest BCUT2D eigenvalue weighted by Crippen LogP contribution is 2.29. The van der Waals surface area contributed by atoms with Crippen molar-refractivity contribution >= 4 is 0 Å². The van der Waals surface area contributed by atoms with Gasteiger partial charge in [0.15, 0.2) is 0 Å². The molecule has 0 N–H and O–H groups in total. The van der Waals surface area contributed by atoms with Crippen LogP contribution in [-0.4, -0.2) is 0 Å². The molecule has 0 atom stereocenters. The van der Waals surface area contributed by atoms with Crippen LogP contribution in [0.15, 0.2) is 46.6 Å². The Morgan fingerprint density at radius 1 is 1.00 bits per heavy atom. The minimum absolute atomic E-state index is 0. The van der Waals surface area contributed by atoms with Crippen molar-refractivity contribution in [3.05, 3.63) is 48.0 Å². The number of rotatable bonds is 0. The van der Waals surface area contributed by atoms with Crippen molar-refractivity contribution in [3.8, 4) is 0 Å². The molecule has 0 unspecified atom stereocenters. The zero-order valence-electron chi connectivity index (χ0n) is 12.6. The predicted octanol–water partition coefficient (Wildman–Crippen LogP) is 6.13. The lowest BCUT2D eigenvalue weighted by Gasteiger charge is -2.18. The van der Waals surface area contributed by atoms with E-state index in [9.17, 15) is 0 Å². The molecule has 0 fully saturated rings. The van der Waals surface area contributed by atoms with Crippen LogP contribution in [-0.2, 0) is 5.41 Å². The van der Waals surface area contributed by atoms with Crippen molar-refractivity contribution in [2.75, 3.05) is 0 Å². The molecule has 0 aromatic carbocycles. The van der Waals surface area contributed by atoms with E-state index in [0.29, 0.717) is 5.41 Å². The Balaban J connectivity index is 0.000000324. The molecule has 1 aliphatic rings. The van der Waals surface area contributed by atoms with Crippen molar-refractivity contribution < 1.29 is 4.42 Å². The number of hydrogen-bond donors (Lipinski definition) is 0. The van der Waals surface area contributed by atoms with Crippen LogP contribution < -0.4 is 0 Å². The quantitative estimate of drug-likeness (QED) is 0.548. The van der Waals surface area contributed by atoms with Gasteiger partial charge >= 0.3 is 0 Å². The summed E-state index contributed by atoms with van der Waals surface area (Å²) in [6.45, 7) is 13.1. The van der Waals surface area contributed by atoms with E-state index in [0.717, 1.165) is 12.2 Å². The Kier molecular flexibility index (Phi) is 6.35. The first kappa shape index (κ1) is 17.8. The number of furan rings is 1. The van der Waals surface area contributed by atoms with Gasteiger partial charge in [0.25, 0.3) is 0 Å². The van der Waals surface area contributed by atoms with Crippen LogP contribution in [0.5, 0.6) is 0 Å². The zero-order valence-corrected chi connectivity index (χ0v) is 12.6. The summed E-state index contributed by atoms with van der Waals surface area (Å²) in [5, 5.41) is 0. The van der Waals surface area contributed by atoms with Crippen molar-refractivity contribution in [1.82, 2.24) is 0 Å².